The molecule has 1 aromatic heterocycles. The molecule has 8 heteroatoms. The van der Waals surface area contributed by atoms with Gasteiger partial charge in [-0.05, 0) is 63.5 Å². The molecule has 0 saturated carbocycles. The molecule has 1 atom stereocenters. The van der Waals surface area contributed by atoms with E-state index < -0.39 is 17.1 Å². The number of halogens is 1. The van der Waals surface area contributed by atoms with Crippen molar-refractivity contribution < 1.29 is 13.9 Å². The SMILES string of the molecule is COCc1ccc(-c2ccnc(N(C(=O)C3(F)CCNCC3)C3(C)CN4CCC3CC4)n2)cc1. The fourth-order valence-electron chi connectivity index (χ4n) is 5.89. The highest BCUT2D eigenvalue weighted by Gasteiger charge is 2.54. The summed E-state index contributed by atoms with van der Waals surface area (Å²) in [5.41, 5.74) is 0.268. The van der Waals surface area contributed by atoms with E-state index in [2.05, 4.69) is 22.1 Å². The molecule has 4 aliphatic rings. The molecule has 2 bridgehead atoms. The number of ether oxygens (including phenoxy) is 1. The minimum Gasteiger partial charge on any atom is -0.380 e. The van der Waals surface area contributed by atoms with E-state index in [0.29, 0.717) is 31.6 Å². The molecule has 4 fully saturated rings. The van der Waals surface area contributed by atoms with Crippen LogP contribution < -0.4 is 10.2 Å². The molecule has 0 spiro atoms. The number of nitrogens with zero attached hydrogens (tertiary/aromatic N) is 4. The van der Waals surface area contributed by atoms with Crippen LogP contribution in [0.5, 0.6) is 0 Å². The zero-order chi connectivity index (χ0) is 23.8. The molecule has 7 nitrogen and oxygen atoms in total. The average molecular weight is 468 g/mol. The van der Waals surface area contributed by atoms with Crippen molar-refractivity contribution in [2.45, 2.75) is 50.4 Å². The van der Waals surface area contributed by atoms with Crippen LogP contribution in [0.1, 0.15) is 38.2 Å². The summed E-state index contributed by atoms with van der Waals surface area (Å²) in [6, 6.07) is 9.83. The van der Waals surface area contributed by atoms with Crippen molar-refractivity contribution in [2.24, 2.45) is 5.92 Å². The lowest BCUT2D eigenvalue weighted by molar-refractivity contribution is -0.135. The molecule has 0 aliphatic carbocycles. The normalized spacial score (nSPS) is 28.0. The number of rotatable bonds is 6. The molecule has 0 radical (unpaired) electrons. The first-order chi connectivity index (χ1) is 16.4. The summed E-state index contributed by atoms with van der Waals surface area (Å²) < 4.78 is 21.3. The number of benzene rings is 1. The summed E-state index contributed by atoms with van der Waals surface area (Å²) in [7, 11) is 1.67. The average Bonchev–Trinajstić information content (AvgIpc) is 2.86. The largest absolute Gasteiger partial charge is 0.380 e. The topological polar surface area (TPSA) is 70.6 Å². The number of piperidine rings is 4. The molecule has 2 aromatic rings. The molecular formula is C26H34FN5O2. The van der Waals surface area contributed by atoms with Crippen molar-refractivity contribution >= 4 is 11.9 Å². The number of methoxy groups -OCH3 is 1. The molecule has 1 amide bonds. The van der Waals surface area contributed by atoms with Gasteiger partial charge >= 0.3 is 0 Å². The Morgan fingerprint density at radius 2 is 1.91 bits per heavy atom. The molecule has 182 valence electrons. The van der Waals surface area contributed by atoms with Gasteiger partial charge in [0.25, 0.3) is 5.91 Å². The third-order valence-corrected chi connectivity index (χ3v) is 7.91. The van der Waals surface area contributed by atoms with Crippen LogP contribution in [0.15, 0.2) is 36.5 Å². The van der Waals surface area contributed by atoms with Crippen LogP contribution >= 0.6 is 0 Å². The van der Waals surface area contributed by atoms with E-state index >= 15 is 4.39 Å². The predicted octanol–water partition coefficient (Wildman–Crippen LogP) is 3.20. The smallest absolute Gasteiger partial charge is 0.267 e. The summed E-state index contributed by atoms with van der Waals surface area (Å²) in [5, 5.41) is 3.17. The molecule has 1 aromatic carbocycles. The number of hydrogen-bond acceptors (Lipinski definition) is 6. The maximum atomic E-state index is 16.1. The van der Waals surface area contributed by atoms with E-state index in [1.807, 2.05) is 30.3 Å². The maximum Gasteiger partial charge on any atom is 0.267 e. The Labute approximate surface area is 200 Å². The maximum absolute atomic E-state index is 16.1. The molecule has 4 saturated heterocycles. The standard InChI is InChI=1S/C26H34FN5O2/c1-25(18-31-15-8-21(25)9-16-31)32(23(33)26(27)10-13-28-14-11-26)24-29-12-7-22(30-24)20-5-3-19(4-6-20)17-34-2/h3-7,12,21,28H,8-11,13-18H2,1-2H3. The van der Waals surface area contributed by atoms with Gasteiger partial charge in [-0.1, -0.05) is 24.3 Å². The highest BCUT2D eigenvalue weighted by Crippen LogP contribution is 2.43. The molecule has 4 aliphatic heterocycles. The Morgan fingerprint density at radius 3 is 2.53 bits per heavy atom. The lowest BCUT2D eigenvalue weighted by Gasteiger charge is -2.56. The first-order valence-electron chi connectivity index (χ1n) is 12.3. The molecule has 34 heavy (non-hydrogen) atoms. The second kappa shape index (κ2) is 9.32. The van der Waals surface area contributed by atoms with Gasteiger partial charge in [0, 0.05) is 38.3 Å². The van der Waals surface area contributed by atoms with Crippen LogP contribution in [0, 0.1) is 5.92 Å². The fourth-order valence-corrected chi connectivity index (χ4v) is 5.89. The van der Waals surface area contributed by atoms with Crippen LogP contribution in [-0.4, -0.2) is 71.8 Å². The van der Waals surface area contributed by atoms with E-state index in [9.17, 15) is 4.79 Å². The van der Waals surface area contributed by atoms with Crippen molar-refractivity contribution in [1.82, 2.24) is 20.2 Å². The van der Waals surface area contributed by atoms with E-state index in [-0.39, 0.29) is 12.8 Å². The van der Waals surface area contributed by atoms with Crippen molar-refractivity contribution in [1.29, 1.82) is 0 Å². The van der Waals surface area contributed by atoms with Gasteiger partial charge in [-0.15, -0.1) is 0 Å². The van der Waals surface area contributed by atoms with Crippen LogP contribution in [0.3, 0.4) is 0 Å². The fraction of sp³-hybridized carbons (Fsp3) is 0.577. The number of aromatic nitrogens is 2. The van der Waals surface area contributed by atoms with E-state index in [1.165, 1.54) is 0 Å². The molecule has 1 unspecified atom stereocenters. The number of carbonyl (C=O) groups is 1. The third-order valence-electron chi connectivity index (χ3n) is 7.91. The van der Waals surface area contributed by atoms with Gasteiger partial charge in [-0.2, -0.15) is 0 Å². The minimum atomic E-state index is -1.90. The zero-order valence-electron chi connectivity index (χ0n) is 20.1. The van der Waals surface area contributed by atoms with Crippen LogP contribution in [0.2, 0.25) is 0 Å². The number of fused-ring (bicyclic) bond motifs is 3. The summed E-state index contributed by atoms with van der Waals surface area (Å²) in [6.07, 6.45) is 4.03. The summed E-state index contributed by atoms with van der Waals surface area (Å²) in [6.45, 7) is 6.41. The Balaban J connectivity index is 1.54. The lowest BCUT2D eigenvalue weighted by atomic mass is 9.72. The van der Waals surface area contributed by atoms with E-state index in [0.717, 1.165) is 49.3 Å². The highest BCUT2D eigenvalue weighted by molar-refractivity contribution is 5.99. The Hall–Kier alpha value is -2.42. The van der Waals surface area contributed by atoms with Gasteiger partial charge in [0.2, 0.25) is 5.95 Å². The number of amides is 1. The zero-order valence-corrected chi connectivity index (χ0v) is 20.1. The van der Waals surface area contributed by atoms with Gasteiger partial charge in [0.1, 0.15) is 0 Å². The number of hydrogen-bond donors (Lipinski definition) is 1. The molecule has 5 heterocycles. The number of alkyl halides is 1. The van der Waals surface area contributed by atoms with Crippen molar-refractivity contribution in [3.05, 3.63) is 42.1 Å². The van der Waals surface area contributed by atoms with E-state index in [4.69, 9.17) is 9.72 Å². The first kappa shape index (κ1) is 23.3. The van der Waals surface area contributed by atoms with Gasteiger partial charge < -0.3 is 15.0 Å². The van der Waals surface area contributed by atoms with Crippen LogP contribution in [0.25, 0.3) is 11.3 Å². The van der Waals surface area contributed by atoms with Crippen molar-refractivity contribution in [2.75, 3.05) is 44.7 Å². The van der Waals surface area contributed by atoms with Crippen LogP contribution in [-0.2, 0) is 16.1 Å². The number of carbonyl (C=O) groups excluding carboxylic acids is 1. The number of anilines is 1. The van der Waals surface area contributed by atoms with Crippen molar-refractivity contribution in [3.8, 4) is 11.3 Å². The Morgan fingerprint density at radius 1 is 1.21 bits per heavy atom. The number of nitrogens with one attached hydrogen (secondary N) is 1. The minimum absolute atomic E-state index is 0.174. The monoisotopic (exact) mass is 467 g/mol. The lowest BCUT2D eigenvalue weighted by Crippen LogP contribution is -2.70. The summed E-state index contributed by atoms with van der Waals surface area (Å²) in [5.74, 6) is 0.112. The Kier molecular flexibility index (Phi) is 6.39. The highest BCUT2D eigenvalue weighted by atomic mass is 19.1. The Bertz CT molecular complexity index is 1020. The van der Waals surface area contributed by atoms with Crippen LogP contribution in [0.4, 0.5) is 10.3 Å². The molecule has 6 rings (SSSR count). The van der Waals surface area contributed by atoms with Gasteiger partial charge in [-0.3, -0.25) is 9.69 Å². The third kappa shape index (κ3) is 4.23. The molecular weight excluding hydrogens is 433 g/mol. The summed E-state index contributed by atoms with van der Waals surface area (Å²) in [4.78, 5) is 27.4. The predicted molar refractivity (Wildman–Crippen MR) is 129 cm³/mol. The second-order valence-corrected chi connectivity index (χ2v) is 10.1. The van der Waals surface area contributed by atoms with Gasteiger partial charge in [0.15, 0.2) is 5.67 Å². The second-order valence-electron chi connectivity index (χ2n) is 10.1. The van der Waals surface area contributed by atoms with Crippen molar-refractivity contribution in [3.63, 3.8) is 0 Å². The summed E-state index contributed by atoms with van der Waals surface area (Å²) >= 11 is 0. The quantitative estimate of drug-likeness (QED) is 0.704. The first-order valence-corrected chi connectivity index (χ1v) is 12.3. The molecule has 1 N–H and O–H groups in total. The van der Waals surface area contributed by atoms with E-state index in [1.54, 1.807) is 18.2 Å². The van der Waals surface area contributed by atoms with Gasteiger partial charge in [-0.25, -0.2) is 14.4 Å². The van der Waals surface area contributed by atoms with Gasteiger partial charge in [0.05, 0.1) is 17.8 Å².